The van der Waals surface area contributed by atoms with Crippen molar-refractivity contribution in [3.63, 3.8) is 0 Å². The third-order valence-corrected chi connectivity index (χ3v) is 5.35. The monoisotopic (exact) mass is 377 g/mol. The number of aromatic hydroxyl groups is 1. The zero-order valence-electron chi connectivity index (χ0n) is 15.3. The van der Waals surface area contributed by atoms with Crippen molar-refractivity contribution in [2.75, 3.05) is 29.9 Å². The van der Waals surface area contributed by atoms with Gasteiger partial charge in [0, 0.05) is 35.4 Å². The van der Waals surface area contributed by atoms with Gasteiger partial charge in [0.15, 0.2) is 5.60 Å². The van der Waals surface area contributed by atoms with Crippen LogP contribution in [0.1, 0.15) is 5.56 Å². The number of aromatic nitrogens is 2. The Kier molecular flexibility index (Phi) is 3.63. The van der Waals surface area contributed by atoms with Gasteiger partial charge in [-0.15, -0.1) is 0 Å². The van der Waals surface area contributed by atoms with E-state index in [0.717, 1.165) is 27.8 Å². The second kappa shape index (κ2) is 6.07. The maximum absolute atomic E-state index is 12.4. The highest BCUT2D eigenvalue weighted by atomic mass is 16.6. The lowest BCUT2D eigenvalue weighted by Crippen LogP contribution is -2.61. The normalized spacial score (nSPS) is 17.6. The van der Waals surface area contributed by atoms with Gasteiger partial charge < -0.3 is 20.5 Å². The summed E-state index contributed by atoms with van der Waals surface area (Å²) in [7, 11) is 0. The SMILES string of the molecule is Cc1c(O)cccc1Nc1ncnc2ccc(N3CC4(CNC4)OC3=O)cc12. The first-order valence-electron chi connectivity index (χ1n) is 9.06. The van der Waals surface area contributed by atoms with Crippen molar-refractivity contribution in [2.24, 2.45) is 0 Å². The van der Waals surface area contributed by atoms with Crippen LogP contribution in [-0.4, -0.2) is 46.4 Å². The number of fused-ring (bicyclic) bond motifs is 1. The molecule has 142 valence electrons. The molecule has 0 radical (unpaired) electrons. The van der Waals surface area contributed by atoms with Crippen LogP contribution in [0.2, 0.25) is 0 Å². The molecule has 1 aromatic heterocycles. The lowest BCUT2D eigenvalue weighted by Gasteiger charge is -2.36. The van der Waals surface area contributed by atoms with Crippen LogP contribution >= 0.6 is 0 Å². The van der Waals surface area contributed by atoms with Crippen molar-refractivity contribution in [1.29, 1.82) is 0 Å². The van der Waals surface area contributed by atoms with E-state index in [2.05, 4.69) is 20.6 Å². The molecule has 0 bridgehead atoms. The molecule has 3 N–H and O–H groups in total. The van der Waals surface area contributed by atoms with Crippen LogP contribution in [0.5, 0.6) is 5.75 Å². The van der Waals surface area contributed by atoms with Gasteiger partial charge in [0.1, 0.15) is 17.9 Å². The number of hydrogen-bond donors (Lipinski definition) is 3. The van der Waals surface area contributed by atoms with Crippen molar-refractivity contribution in [3.8, 4) is 5.75 Å². The summed E-state index contributed by atoms with van der Waals surface area (Å²) in [6.45, 7) is 3.70. The summed E-state index contributed by atoms with van der Waals surface area (Å²) in [6.07, 6.45) is 1.15. The zero-order chi connectivity index (χ0) is 19.3. The molecule has 1 amide bonds. The number of ether oxygens (including phenoxy) is 1. The molecule has 2 aliphatic rings. The Morgan fingerprint density at radius 2 is 2.11 bits per heavy atom. The molecule has 0 unspecified atom stereocenters. The molecule has 2 aromatic carbocycles. The van der Waals surface area contributed by atoms with Crippen LogP contribution in [0.4, 0.5) is 22.0 Å². The third kappa shape index (κ3) is 2.61. The second-order valence-corrected chi connectivity index (χ2v) is 7.24. The molecule has 0 atom stereocenters. The fraction of sp³-hybridized carbons (Fsp3) is 0.250. The molecule has 8 heteroatoms. The predicted molar refractivity (Wildman–Crippen MR) is 105 cm³/mol. The largest absolute Gasteiger partial charge is 0.508 e. The molecule has 1 spiro atoms. The molecular formula is C20H19N5O3. The van der Waals surface area contributed by atoms with Gasteiger partial charge in [0.25, 0.3) is 0 Å². The van der Waals surface area contributed by atoms with E-state index in [1.807, 2.05) is 31.2 Å². The number of benzene rings is 2. The summed E-state index contributed by atoms with van der Waals surface area (Å²) in [5, 5.41) is 17.2. The lowest BCUT2D eigenvalue weighted by molar-refractivity contribution is 0.0142. The maximum Gasteiger partial charge on any atom is 0.415 e. The predicted octanol–water partition coefficient (Wildman–Crippen LogP) is 2.69. The van der Waals surface area contributed by atoms with Gasteiger partial charge >= 0.3 is 6.09 Å². The molecule has 2 saturated heterocycles. The maximum atomic E-state index is 12.4. The van der Waals surface area contributed by atoms with Gasteiger partial charge in [-0.05, 0) is 37.3 Å². The number of phenols is 1. The van der Waals surface area contributed by atoms with E-state index in [0.29, 0.717) is 25.5 Å². The first kappa shape index (κ1) is 16.8. The Morgan fingerprint density at radius 3 is 2.86 bits per heavy atom. The van der Waals surface area contributed by atoms with Crippen LogP contribution in [0.3, 0.4) is 0 Å². The number of nitrogens with zero attached hydrogens (tertiary/aromatic N) is 3. The number of rotatable bonds is 3. The molecular weight excluding hydrogens is 358 g/mol. The number of phenolic OH excluding ortho intramolecular Hbond substituents is 1. The van der Waals surface area contributed by atoms with E-state index >= 15 is 0 Å². The minimum absolute atomic E-state index is 0.211. The quantitative estimate of drug-likeness (QED) is 0.645. The summed E-state index contributed by atoms with van der Waals surface area (Å²) in [5.74, 6) is 0.816. The highest BCUT2D eigenvalue weighted by Gasteiger charge is 2.50. The molecule has 0 aliphatic carbocycles. The first-order chi connectivity index (χ1) is 13.5. The summed E-state index contributed by atoms with van der Waals surface area (Å²) in [6, 6.07) is 10.9. The highest BCUT2D eigenvalue weighted by Crippen LogP contribution is 2.34. The number of anilines is 3. The van der Waals surface area contributed by atoms with Crippen molar-refractivity contribution in [2.45, 2.75) is 12.5 Å². The number of hydrogen-bond acceptors (Lipinski definition) is 7. The summed E-state index contributed by atoms with van der Waals surface area (Å²) in [5.41, 5.74) is 2.57. The molecule has 3 heterocycles. The Morgan fingerprint density at radius 1 is 1.25 bits per heavy atom. The number of carbonyl (C=O) groups is 1. The van der Waals surface area contributed by atoms with Crippen molar-refractivity contribution in [3.05, 3.63) is 48.3 Å². The summed E-state index contributed by atoms with van der Waals surface area (Å²) >= 11 is 0. The van der Waals surface area contributed by atoms with Gasteiger partial charge in [-0.25, -0.2) is 14.8 Å². The molecule has 2 aliphatic heterocycles. The smallest absolute Gasteiger partial charge is 0.415 e. The average Bonchev–Trinajstić information content (AvgIpc) is 3.04. The van der Waals surface area contributed by atoms with Gasteiger partial charge in [-0.1, -0.05) is 6.07 Å². The number of carbonyl (C=O) groups excluding carboxylic acids is 1. The van der Waals surface area contributed by atoms with Crippen LogP contribution in [-0.2, 0) is 4.74 Å². The Labute approximate surface area is 161 Å². The minimum Gasteiger partial charge on any atom is -0.508 e. The molecule has 0 saturated carbocycles. The van der Waals surface area contributed by atoms with E-state index in [1.54, 1.807) is 17.0 Å². The van der Waals surface area contributed by atoms with Crippen LogP contribution in [0, 0.1) is 6.92 Å². The third-order valence-electron chi connectivity index (χ3n) is 5.35. The molecule has 8 nitrogen and oxygen atoms in total. The lowest BCUT2D eigenvalue weighted by atomic mass is 9.97. The zero-order valence-corrected chi connectivity index (χ0v) is 15.3. The van der Waals surface area contributed by atoms with Gasteiger partial charge in [-0.2, -0.15) is 0 Å². The number of nitrogens with one attached hydrogen (secondary N) is 2. The first-order valence-corrected chi connectivity index (χ1v) is 9.06. The minimum atomic E-state index is -0.418. The van der Waals surface area contributed by atoms with E-state index in [-0.39, 0.29) is 11.8 Å². The fourth-order valence-corrected chi connectivity index (χ4v) is 3.61. The van der Waals surface area contributed by atoms with Gasteiger partial charge in [-0.3, -0.25) is 4.90 Å². The topological polar surface area (TPSA) is 99.6 Å². The molecule has 5 rings (SSSR count). The van der Waals surface area contributed by atoms with E-state index < -0.39 is 5.60 Å². The van der Waals surface area contributed by atoms with Crippen LogP contribution in [0.25, 0.3) is 10.9 Å². The molecule has 2 fully saturated rings. The summed E-state index contributed by atoms with van der Waals surface area (Å²) in [4.78, 5) is 22.7. The Bertz CT molecular complexity index is 1100. The summed E-state index contributed by atoms with van der Waals surface area (Å²) < 4.78 is 5.57. The second-order valence-electron chi connectivity index (χ2n) is 7.24. The van der Waals surface area contributed by atoms with Crippen LogP contribution < -0.4 is 15.5 Å². The van der Waals surface area contributed by atoms with Crippen molar-refractivity contribution >= 4 is 34.2 Å². The van der Waals surface area contributed by atoms with E-state index in [4.69, 9.17) is 4.74 Å². The van der Waals surface area contributed by atoms with Gasteiger partial charge in [0.2, 0.25) is 0 Å². The van der Waals surface area contributed by atoms with E-state index in [9.17, 15) is 9.90 Å². The van der Waals surface area contributed by atoms with E-state index in [1.165, 1.54) is 6.33 Å². The fourth-order valence-electron chi connectivity index (χ4n) is 3.61. The number of amides is 1. The highest BCUT2D eigenvalue weighted by molar-refractivity contribution is 5.97. The Hall–Kier alpha value is -3.39. The van der Waals surface area contributed by atoms with Crippen molar-refractivity contribution < 1.29 is 14.6 Å². The Balaban J connectivity index is 1.53. The standard InChI is InChI=1S/C20H19N5O3/c1-12-15(3-2-4-17(12)26)24-18-14-7-13(5-6-16(14)22-11-23-18)25-10-20(8-21-9-20)28-19(25)27/h2-7,11,21,26H,8-10H2,1H3,(H,22,23,24). The van der Waals surface area contributed by atoms with Gasteiger partial charge in [0.05, 0.1) is 12.1 Å². The van der Waals surface area contributed by atoms with Crippen molar-refractivity contribution in [1.82, 2.24) is 15.3 Å². The molecule has 28 heavy (non-hydrogen) atoms. The molecule has 3 aromatic rings. The average molecular weight is 377 g/mol. The van der Waals surface area contributed by atoms with Crippen LogP contribution in [0.15, 0.2) is 42.7 Å².